The van der Waals surface area contributed by atoms with E-state index in [0.29, 0.717) is 0 Å². The average molecular weight is 136 g/mol. The van der Waals surface area contributed by atoms with Crippen LogP contribution in [-0.2, 0) is 0 Å². The molecule has 0 aliphatic rings. The molecule has 0 aromatic carbocycles. The van der Waals surface area contributed by atoms with Crippen molar-refractivity contribution in [2.75, 3.05) is 0 Å². The molecule has 1 amide bonds. The molecule has 0 spiro atoms. The molecule has 0 aliphatic heterocycles. The zero-order valence-electron chi connectivity index (χ0n) is 5.29. The molecular weight excluding hydrogens is 126 g/mol. The molecule has 0 atom stereocenters. The molecular formula is C5H10ClNO. The highest BCUT2D eigenvalue weighted by Gasteiger charge is 2.10. The molecule has 2 nitrogen and oxygen atoms in total. The number of hydrogen-bond donors (Lipinski definition) is 1. The molecule has 48 valence electrons. The fourth-order valence-electron chi connectivity index (χ4n) is 0.295. The fourth-order valence-corrected chi connectivity index (χ4v) is 0.578. The lowest BCUT2D eigenvalue weighted by Gasteiger charge is -2.17. The number of rotatable bonds is 0. The number of halogens is 1. The molecule has 0 bridgehead atoms. The van der Waals surface area contributed by atoms with Crippen molar-refractivity contribution < 1.29 is 4.79 Å². The second-order valence-corrected chi connectivity index (χ2v) is 2.99. The molecule has 3 heteroatoms. The quantitative estimate of drug-likeness (QED) is 0.398. The van der Waals surface area contributed by atoms with Crippen LogP contribution in [0.2, 0.25) is 0 Å². The molecule has 0 saturated heterocycles. The standard InChI is InChI=1S/C5H10ClNO/c1-5(2,3)7-4(6)8/h1-3H3,(H,7,8). The van der Waals surface area contributed by atoms with Crippen LogP contribution in [0.1, 0.15) is 20.8 Å². The van der Waals surface area contributed by atoms with Crippen molar-refractivity contribution in [2.45, 2.75) is 26.3 Å². The molecule has 0 saturated carbocycles. The number of carbonyl (C=O) groups excluding carboxylic acids is 1. The Hall–Kier alpha value is -0.240. The third-order valence-corrected chi connectivity index (χ3v) is 0.568. The maximum atomic E-state index is 10.1. The van der Waals surface area contributed by atoms with Gasteiger partial charge < -0.3 is 5.32 Å². The van der Waals surface area contributed by atoms with Crippen molar-refractivity contribution in [3.8, 4) is 0 Å². The van der Waals surface area contributed by atoms with Crippen LogP contribution < -0.4 is 5.32 Å². The van der Waals surface area contributed by atoms with E-state index < -0.39 is 5.37 Å². The van der Waals surface area contributed by atoms with Gasteiger partial charge in [-0.15, -0.1) is 0 Å². The van der Waals surface area contributed by atoms with E-state index in [0.717, 1.165) is 0 Å². The van der Waals surface area contributed by atoms with Crippen molar-refractivity contribution in [3.05, 3.63) is 0 Å². The number of amides is 1. The molecule has 0 fully saturated rings. The molecule has 0 unspecified atom stereocenters. The van der Waals surface area contributed by atoms with Gasteiger partial charge in [0, 0.05) is 5.54 Å². The zero-order valence-corrected chi connectivity index (χ0v) is 6.04. The van der Waals surface area contributed by atoms with Gasteiger partial charge in [0.15, 0.2) is 0 Å². The Morgan fingerprint density at radius 2 is 1.88 bits per heavy atom. The van der Waals surface area contributed by atoms with Gasteiger partial charge in [0.05, 0.1) is 0 Å². The summed E-state index contributed by atoms with van der Waals surface area (Å²) in [7, 11) is 0. The van der Waals surface area contributed by atoms with Gasteiger partial charge in [-0.25, -0.2) is 0 Å². The third-order valence-electron chi connectivity index (χ3n) is 0.473. The van der Waals surface area contributed by atoms with Gasteiger partial charge in [0.2, 0.25) is 0 Å². The van der Waals surface area contributed by atoms with Crippen molar-refractivity contribution >= 4 is 17.0 Å². The second-order valence-electron chi connectivity index (χ2n) is 2.65. The largest absolute Gasteiger partial charge is 0.338 e. The molecule has 8 heavy (non-hydrogen) atoms. The van der Waals surface area contributed by atoms with E-state index >= 15 is 0 Å². The lowest BCUT2D eigenvalue weighted by Crippen LogP contribution is -2.37. The molecule has 0 heterocycles. The first-order chi connectivity index (χ1) is 3.42. The second kappa shape index (κ2) is 2.35. The monoisotopic (exact) mass is 135 g/mol. The Morgan fingerprint density at radius 1 is 1.50 bits per heavy atom. The van der Waals surface area contributed by atoms with Crippen molar-refractivity contribution in [3.63, 3.8) is 0 Å². The average Bonchev–Trinajstić information content (AvgIpc) is 1.21. The minimum absolute atomic E-state index is 0.209. The highest BCUT2D eigenvalue weighted by molar-refractivity contribution is 6.63. The molecule has 0 aliphatic carbocycles. The normalized spacial score (nSPS) is 11.0. The Kier molecular flexibility index (Phi) is 2.28. The first-order valence-corrected chi connectivity index (χ1v) is 2.77. The summed E-state index contributed by atoms with van der Waals surface area (Å²) < 4.78 is 0. The minimum Gasteiger partial charge on any atom is -0.338 e. The lowest BCUT2D eigenvalue weighted by molar-refractivity contribution is 0.252. The van der Waals surface area contributed by atoms with Crippen molar-refractivity contribution in [1.29, 1.82) is 0 Å². The van der Waals surface area contributed by atoms with Crippen LogP contribution in [-0.4, -0.2) is 10.9 Å². The summed E-state index contributed by atoms with van der Waals surface area (Å²) in [6.45, 7) is 5.60. The highest BCUT2D eigenvalue weighted by atomic mass is 35.5. The first-order valence-electron chi connectivity index (χ1n) is 2.39. The maximum Gasteiger partial charge on any atom is 0.314 e. The summed E-state index contributed by atoms with van der Waals surface area (Å²) in [5, 5.41) is 2.01. The van der Waals surface area contributed by atoms with E-state index in [1.54, 1.807) is 0 Å². The number of hydrogen-bond acceptors (Lipinski definition) is 1. The molecule has 1 N–H and O–H groups in total. The van der Waals surface area contributed by atoms with Gasteiger partial charge >= 0.3 is 5.37 Å². The van der Waals surface area contributed by atoms with Crippen LogP contribution in [0.15, 0.2) is 0 Å². The Bertz CT molecular complexity index is 95.1. The SMILES string of the molecule is CC(C)(C)NC(=O)Cl. The van der Waals surface area contributed by atoms with Crippen LogP contribution in [0.25, 0.3) is 0 Å². The van der Waals surface area contributed by atoms with Gasteiger partial charge in [0.25, 0.3) is 0 Å². The van der Waals surface area contributed by atoms with E-state index in [4.69, 9.17) is 11.6 Å². The summed E-state index contributed by atoms with van der Waals surface area (Å²) in [6, 6.07) is 0. The van der Waals surface area contributed by atoms with Crippen LogP contribution in [0.5, 0.6) is 0 Å². The van der Waals surface area contributed by atoms with Crippen LogP contribution >= 0.6 is 11.6 Å². The van der Waals surface area contributed by atoms with E-state index in [9.17, 15) is 4.79 Å². The lowest BCUT2D eigenvalue weighted by atomic mass is 10.1. The maximum absolute atomic E-state index is 10.1. The molecule has 0 rings (SSSR count). The van der Waals surface area contributed by atoms with Crippen LogP contribution in [0.4, 0.5) is 4.79 Å². The predicted octanol–water partition coefficient (Wildman–Crippen LogP) is 1.73. The van der Waals surface area contributed by atoms with Crippen molar-refractivity contribution in [2.24, 2.45) is 0 Å². The molecule has 0 aromatic heterocycles. The van der Waals surface area contributed by atoms with E-state index in [-0.39, 0.29) is 5.54 Å². The van der Waals surface area contributed by atoms with Gasteiger partial charge in [0.1, 0.15) is 0 Å². The zero-order chi connectivity index (χ0) is 6.78. The van der Waals surface area contributed by atoms with Gasteiger partial charge in [-0.05, 0) is 32.4 Å². The fraction of sp³-hybridized carbons (Fsp3) is 0.800. The number of nitrogens with one attached hydrogen (secondary N) is 1. The Balaban J connectivity index is 3.55. The minimum atomic E-state index is -0.502. The van der Waals surface area contributed by atoms with E-state index in [2.05, 4.69) is 5.32 Å². The summed E-state index contributed by atoms with van der Waals surface area (Å²) in [5.41, 5.74) is -0.209. The Labute approximate surface area is 54.2 Å². The van der Waals surface area contributed by atoms with Crippen LogP contribution in [0.3, 0.4) is 0 Å². The molecule has 0 aromatic rings. The molecule has 0 radical (unpaired) electrons. The summed E-state index contributed by atoms with van der Waals surface area (Å²) >= 11 is 5.01. The summed E-state index contributed by atoms with van der Waals surface area (Å²) in [5.74, 6) is 0. The van der Waals surface area contributed by atoms with Gasteiger partial charge in [-0.3, -0.25) is 4.79 Å². The third kappa shape index (κ3) is 5.76. The number of carbonyl (C=O) groups is 1. The Morgan fingerprint density at radius 3 is 1.88 bits per heavy atom. The smallest absolute Gasteiger partial charge is 0.314 e. The highest BCUT2D eigenvalue weighted by Crippen LogP contribution is 1.98. The van der Waals surface area contributed by atoms with Crippen molar-refractivity contribution in [1.82, 2.24) is 5.32 Å². The van der Waals surface area contributed by atoms with E-state index in [1.807, 2.05) is 20.8 Å². The first kappa shape index (κ1) is 7.76. The predicted molar refractivity (Wildman–Crippen MR) is 34.1 cm³/mol. The topological polar surface area (TPSA) is 29.1 Å². The van der Waals surface area contributed by atoms with Crippen LogP contribution in [0, 0.1) is 0 Å². The van der Waals surface area contributed by atoms with Gasteiger partial charge in [-0.1, -0.05) is 0 Å². The summed E-state index contributed by atoms with van der Waals surface area (Å²) in [4.78, 5) is 10.1. The van der Waals surface area contributed by atoms with Gasteiger partial charge in [-0.2, -0.15) is 0 Å². The summed E-state index contributed by atoms with van der Waals surface area (Å²) in [6.07, 6.45) is 0. The van der Waals surface area contributed by atoms with E-state index in [1.165, 1.54) is 0 Å².